The van der Waals surface area contributed by atoms with Gasteiger partial charge in [-0.1, -0.05) is 0 Å². The molecule has 0 aliphatic heterocycles. The first kappa shape index (κ1) is 7.45. The van der Waals surface area contributed by atoms with Crippen LogP contribution in [0.5, 0.6) is 0 Å². The highest BCUT2D eigenvalue weighted by molar-refractivity contribution is 5.36. The molecule has 2 atom stereocenters. The Morgan fingerprint density at radius 1 is 1.50 bits per heavy atom. The third kappa shape index (κ3) is 1.94. The van der Waals surface area contributed by atoms with Crippen LogP contribution >= 0.6 is 0 Å². The summed E-state index contributed by atoms with van der Waals surface area (Å²) in [4.78, 5) is 3.79. The van der Waals surface area contributed by atoms with Crippen LogP contribution in [0.1, 0.15) is 25.7 Å². The fraction of sp³-hybridized carbons (Fsp3) is 0.857. The highest BCUT2D eigenvalue weighted by atomic mass is 16.3. The molecule has 0 bridgehead atoms. The predicted octanol–water partition coefficient (Wildman–Crippen LogP) is 1.04. The molecule has 3 heteroatoms. The Labute approximate surface area is 60.3 Å². The van der Waals surface area contributed by atoms with Gasteiger partial charge in [0.1, 0.15) is 0 Å². The second kappa shape index (κ2) is 3.49. The zero-order valence-corrected chi connectivity index (χ0v) is 5.88. The van der Waals surface area contributed by atoms with Gasteiger partial charge in [0.05, 0.1) is 18.2 Å². The Morgan fingerprint density at radius 2 is 2.30 bits per heavy atom. The van der Waals surface area contributed by atoms with Crippen LogP contribution in [0.25, 0.3) is 0 Å². The van der Waals surface area contributed by atoms with Gasteiger partial charge in [-0.05, 0) is 25.7 Å². The summed E-state index contributed by atoms with van der Waals surface area (Å²) in [7, 11) is 0. The summed E-state index contributed by atoms with van der Waals surface area (Å²) in [6.45, 7) is 0. The van der Waals surface area contributed by atoms with Gasteiger partial charge >= 0.3 is 0 Å². The molecular formula is C7H12N2O. The van der Waals surface area contributed by atoms with Crippen molar-refractivity contribution in [2.75, 3.05) is 0 Å². The third-order valence-corrected chi connectivity index (χ3v) is 1.87. The molecule has 1 aliphatic rings. The molecule has 1 saturated carbocycles. The van der Waals surface area contributed by atoms with Crippen molar-refractivity contribution in [1.82, 2.24) is 0 Å². The van der Waals surface area contributed by atoms with Gasteiger partial charge in [0.2, 0.25) is 0 Å². The van der Waals surface area contributed by atoms with E-state index in [1.807, 2.05) is 6.01 Å². The fourth-order valence-electron chi connectivity index (χ4n) is 1.35. The van der Waals surface area contributed by atoms with Gasteiger partial charge < -0.3 is 5.11 Å². The summed E-state index contributed by atoms with van der Waals surface area (Å²) in [6.07, 6.45) is 3.44. The first-order chi connectivity index (χ1) is 4.83. The van der Waals surface area contributed by atoms with Crippen molar-refractivity contribution >= 4 is 6.01 Å². The van der Waals surface area contributed by atoms with E-state index in [2.05, 4.69) is 4.99 Å². The minimum absolute atomic E-state index is 0.154. The smallest absolute Gasteiger partial charge is 0.0864 e. The zero-order valence-electron chi connectivity index (χ0n) is 5.88. The molecule has 56 valence electrons. The molecule has 0 aromatic heterocycles. The first-order valence-corrected chi connectivity index (χ1v) is 3.62. The molecule has 0 spiro atoms. The maximum atomic E-state index is 9.16. The van der Waals surface area contributed by atoms with Crippen molar-refractivity contribution in [2.24, 2.45) is 4.99 Å². The topological polar surface area (TPSA) is 56.4 Å². The van der Waals surface area contributed by atoms with E-state index < -0.39 is 0 Å². The second-order valence-corrected chi connectivity index (χ2v) is 2.72. The monoisotopic (exact) mass is 140 g/mol. The van der Waals surface area contributed by atoms with Crippen LogP contribution in [0, 0.1) is 5.41 Å². The molecule has 2 unspecified atom stereocenters. The van der Waals surface area contributed by atoms with E-state index >= 15 is 0 Å². The van der Waals surface area contributed by atoms with Crippen molar-refractivity contribution in [1.29, 1.82) is 5.41 Å². The molecule has 3 nitrogen and oxygen atoms in total. The van der Waals surface area contributed by atoms with Crippen LogP contribution in [-0.2, 0) is 0 Å². The Hall–Kier alpha value is -0.660. The Kier molecular flexibility index (Phi) is 2.60. The number of hydrogen-bond donors (Lipinski definition) is 2. The van der Waals surface area contributed by atoms with Gasteiger partial charge in [-0.25, -0.2) is 10.4 Å². The second-order valence-electron chi connectivity index (χ2n) is 2.72. The third-order valence-electron chi connectivity index (χ3n) is 1.87. The Balaban J connectivity index is 2.39. The van der Waals surface area contributed by atoms with Gasteiger partial charge in [0.25, 0.3) is 0 Å². The number of nitrogens with zero attached hydrogens (tertiary/aromatic N) is 1. The molecule has 1 fully saturated rings. The van der Waals surface area contributed by atoms with Gasteiger partial charge in [-0.2, -0.15) is 0 Å². The lowest BCUT2D eigenvalue weighted by Gasteiger charge is -2.21. The summed E-state index contributed by atoms with van der Waals surface area (Å²) in [5.41, 5.74) is 0. The van der Waals surface area contributed by atoms with E-state index in [-0.39, 0.29) is 12.1 Å². The number of aliphatic hydroxyl groups is 1. The normalized spacial score (nSPS) is 32.9. The molecule has 2 N–H and O–H groups in total. The van der Waals surface area contributed by atoms with Gasteiger partial charge in [0, 0.05) is 0 Å². The van der Waals surface area contributed by atoms with E-state index in [0.29, 0.717) is 6.42 Å². The summed E-state index contributed by atoms with van der Waals surface area (Å²) in [5, 5.41) is 15.8. The quantitative estimate of drug-likeness (QED) is 0.525. The van der Waals surface area contributed by atoms with E-state index in [0.717, 1.165) is 19.3 Å². The summed E-state index contributed by atoms with van der Waals surface area (Å²) >= 11 is 0. The largest absolute Gasteiger partial charge is 0.393 e. The minimum atomic E-state index is -0.198. The molecule has 0 amide bonds. The molecular weight excluding hydrogens is 128 g/mol. The average molecular weight is 140 g/mol. The van der Waals surface area contributed by atoms with Crippen molar-refractivity contribution in [3.05, 3.63) is 0 Å². The maximum absolute atomic E-state index is 9.16. The number of hydrogen-bond acceptors (Lipinski definition) is 3. The van der Waals surface area contributed by atoms with Gasteiger partial charge in [-0.3, -0.25) is 0 Å². The zero-order chi connectivity index (χ0) is 7.40. The van der Waals surface area contributed by atoms with Crippen LogP contribution < -0.4 is 0 Å². The number of nitrogens with one attached hydrogen (secondary N) is 1. The van der Waals surface area contributed by atoms with E-state index in [1.165, 1.54) is 0 Å². The molecule has 0 radical (unpaired) electrons. The Morgan fingerprint density at radius 3 is 2.90 bits per heavy atom. The fourth-order valence-corrected chi connectivity index (χ4v) is 1.35. The minimum Gasteiger partial charge on any atom is -0.393 e. The lowest BCUT2D eigenvalue weighted by Crippen LogP contribution is -2.21. The standard InChI is InChI=1S/C7H12N2O/c8-5-9-6-2-1-3-7(10)4-6/h6-8,10H,1-4H2. The lowest BCUT2D eigenvalue weighted by atomic mass is 9.94. The number of aliphatic hydroxyl groups excluding tert-OH is 1. The average Bonchev–Trinajstić information content (AvgIpc) is 1.88. The highest BCUT2D eigenvalue weighted by Gasteiger charge is 2.18. The van der Waals surface area contributed by atoms with E-state index in [1.54, 1.807) is 0 Å². The van der Waals surface area contributed by atoms with Crippen molar-refractivity contribution in [3.63, 3.8) is 0 Å². The van der Waals surface area contributed by atoms with Gasteiger partial charge in [0.15, 0.2) is 0 Å². The number of rotatable bonds is 1. The summed E-state index contributed by atoms with van der Waals surface area (Å²) in [5.74, 6) is 0. The Bertz CT molecular complexity index is 152. The van der Waals surface area contributed by atoms with Gasteiger partial charge in [-0.15, -0.1) is 0 Å². The van der Waals surface area contributed by atoms with Crippen LogP contribution in [-0.4, -0.2) is 23.3 Å². The van der Waals surface area contributed by atoms with E-state index in [4.69, 9.17) is 10.5 Å². The van der Waals surface area contributed by atoms with Crippen molar-refractivity contribution in [2.45, 2.75) is 37.8 Å². The molecule has 10 heavy (non-hydrogen) atoms. The molecule has 1 aliphatic carbocycles. The SMILES string of the molecule is N=C=NC1CCCC(O)C1. The van der Waals surface area contributed by atoms with Crippen LogP contribution in [0.3, 0.4) is 0 Å². The highest BCUT2D eigenvalue weighted by Crippen LogP contribution is 2.20. The maximum Gasteiger partial charge on any atom is 0.0864 e. The molecule has 1 rings (SSSR count). The van der Waals surface area contributed by atoms with Crippen LogP contribution in [0.15, 0.2) is 4.99 Å². The van der Waals surface area contributed by atoms with Crippen molar-refractivity contribution < 1.29 is 5.11 Å². The van der Waals surface area contributed by atoms with E-state index in [9.17, 15) is 0 Å². The lowest BCUT2D eigenvalue weighted by molar-refractivity contribution is 0.121. The molecule has 0 heterocycles. The number of aliphatic imine (C=N–C) groups is 1. The van der Waals surface area contributed by atoms with Crippen molar-refractivity contribution in [3.8, 4) is 0 Å². The molecule has 0 saturated heterocycles. The molecule has 0 aromatic rings. The summed E-state index contributed by atoms with van der Waals surface area (Å²) < 4.78 is 0. The van der Waals surface area contributed by atoms with Crippen LogP contribution in [0.2, 0.25) is 0 Å². The predicted molar refractivity (Wildman–Crippen MR) is 38.4 cm³/mol. The van der Waals surface area contributed by atoms with Crippen LogP contribution in [0.4, 0.5) is 0 Å². The summed E-state index contributed by atoms with van der Waals surface area (Å²) in [6, 6.07) is 2.18. The molecule has 0 aromatic carbocycles. The first-order valence-electron chi connectivity index (χ1n) is 3.62.